The van der Waals surface area contributed by atoms with Crippen molar-refractivity contribution in [3.8, 4) is 0 Å². The average Bonchev–Trinajstić information content (AvgIpc) is 2.89. The minimum absolute atomic E-state index is 0.611. The van der Waals surface area contributed by atoms with Gasteiger partial charge in [0, 0.05) is 18.0 Å². The van der Waals surface area contributed by atoms with Gasteiger partial charge in [-0.2, -0.15) is 4.98 Å². The fraction of sp³-hybridized carbons (Fsp3) is 0.500. The van der Waals surface area contributed by atoms with Crippen LogP contribution < -0.4 is 0 Å². The van der Waals surface area contributed by atoms with Crippen LogP contribution >= 0.6 is 11.6 Å². The van der Waals surface area contributed by atoms with E-state index >= 15 is 0 Å². The van der Waals surface area contributed by atoms with Crippen molar-refractivity contribution >= 4 is 11.6 Å². The topological polar surface area (TPSA) is 42.2 Å². The molecule has 0 radical (unpaired) electrons. The first-order chi connectivity index (χ1) is 10.2. The van der Waals surface area contributed by atoms with Gasteiger partial charge in [0.25, 0.3) is 0 Å². The van der Waals surface area contributed by atoms with Crippen molar-refractivity contribution in [1.82, 2.24) is 15.0 Å². The van der Waals surface area contributed by atoms with Gasteiger partial charge in [-0.05, 0) is 36.9 Å². The molecule has 1 aliphatic heterocycles. The summed E-state index contributed by atoms with van der Waals surface area (Å²) in [6.45, 7) is 5.28. The van der Waals surface area contributed by atoms with Crippen LogP contribution in [-0.2, 0) is 13.0 Å². The number of nitrogens with zero attached hydrogens (tertiary/aromatic N) is 3. The van der Waals surface area contributed by atoms with Gasteiger partial charge in [0.15, 0.2) is 5.82 Å². The zero-order chi connectivity index (χ0) is 14.7. The lowest BCUT2D eigenvalue weighted by Gasteiger charge is -2.29. The summed E-state index contributed by atoms with van der Waals surface area (Å²) in [5.74, 6) is 2.15. The van der Waals surface area contributed by atoms with E-state index in [0.717, 1.165) is 36.1 Å². The van der Waals surface area contributed by atoms with Gasteiger partial charge in [-0.15, -0.1) is 0 Å². The molecule has 21 heavy (non-hydrogen) atoms. The third-order valence-electron chi connectivity index (χ3n) is 3.92. The van der Waals surface area contributed by atoms with E-state index in [-0.39, 0.29) is 0 Å². The highest BCUT2D eigenvalue weighted by molar-refractivity contribution is 6.31. The first kappa shape index (κ1) is 14.5. The van der Waals surface area contributed by atoms with E-state index in [2.05, 4.69) is 22.0 Å². The highest BCUT2D eigenvalue weighted by Crippen LogP contribution is 2.19. The van der Waals surface area contributed by atoms with Gasteiger partial charge in [-0.25, -0.2) is 0 Å². The Balaban J connectivity index is 1.62. The van der Waals surface area contributed by atoms with E-state index in [9.17, 15) is 0 Å². The van der Waals surface area contributed by atoms with Crippen LogP contribution in [0.5, 0.6) is 0 Å². The van der Waals surface area contributed by atoms with Gasteiger partial charge >= 0.3 is 0 Å². The highest BCUT2D eigenvalue weighted by Gasteiger charge is 2.19. The van der Waals surface area contributed by atoms with Crippen LogP contribution in [0.4, 0.5) is 0 Å². The largest absolute Gasteiger partial charge is 0.338 e. The van der Waals surface area contributed by atoms with E-state index in [0.29, 0.717) is 18.1 Å². The SMILES string of the molecule is C[C@@H]1CCCN(Cc2nc(Cc3ccccc3Cl)no2)C1. The lowest BCUT2D eigenvalue weighted by molar-refractivity contribution is 0.157. The summed E-state index contributed by atoms with van der Waals surface area (Å²) in [4.78, 5) is 6.88. The van der Waals surface area contributed by atoms with Crippen LogP contribution in [0.1, 0.15) is 37.0 Å². The molecule has 0 aliphatic carbocycles. The summed E-state index contributed by atoms with van der Waals surface area (Å²) in [5, 5.41) is 4.81. The summed E-state index contributed by atoms with van der Waals surface area (Å²) >= 11 is 6.16. The Bertz CT molecular complexity index is 599. The van der Waals surface area contributed by atoms with E-state index < -0.39 is 0 Å². The Morgan fingerprint density at radius 3 is 3.05 bits per heavy atom. The number of hydrogen-bond acceptors (Lipinski definition) is 4. The zero-order valence-electron chi connectivity index (χ0n) is 12.3. The second kappa shape index (κ2) is 6.58. The molecule has 0 amide bonds. The summed E-state index contributed by atoms with van der Waals surface area (Å²) in [7, 11) is 0. The zero-order valence-corrected chi connectivity index (χ0v) is 13.0. The second-order valence-corrected chi connectivity index (χ2v) is 6.26. The number of rotatable bonds is 4. The Kier molecular flexibility index (Phi) is 4.56. The molecule has 0 N–H and O–H groups in total. The minimum Gasteiger partial charge on any atom is -0.338 e. The molecule has 0 saturated carbocycles. The van der Waals surface area contributed by atoms with Crippen LogP contribution in [0.25, 0.3) is 0 Å². The van der Waals surface area contributed by atoms with E-state index in [1.165, 1.54) is 12.8 Å². The molecule has 112 valence electrons. The number of piperidine rings is 1. The number of aromatic nitrogens is 2. The number of likely N-dealkylation sites (tertiary alicyclic amines) is 1. The smallest absolute Gasteiger partial charge is 0.240 e. The molecular weight excluding hydrogens is 286 g/mol. The average molecular weight is 306 g/mol. The third-order valence-corrected chi connectivity index (χ3v) is 4.29. The molecule has 2 aromatic rings. The third kappa shape index (κ3) is 3.83. The van der Waals surface area contributed by atoms with Crippen LogP contribution in [0.15, 0.2) is 28.8 Å². The van der Waals surface area contributed by atoms with Gasteiger partial charge in [-0.3, -0.25) is 4.90 Å². The van der Waals surface area contributed by atoms with Crippen LogP contribution in [-0.4, -0.2) is 28.1 Å². The van der Waals surface area contributed by atoms with Gasteiger partial charge < -0.3 is 4.52 Å². The normalized spacial score (nSPS) is 19.8. The van der Waals surface area contributed by atoms with Crippen molar-refractivity contribution in [2.24, 2.45) is 5.92 Å². The predicted molar refractivity (Wildman–Crippen MR) is 82.2 cm³/mol. The molecule has 3 rings (SSSR count). The Labute approximate surface area is 130 Å². The van der Waals surface area contributed by atoms with Crippen LogP contribution in [0, 0.1) is 5.92 Å². The van der Waals surface area contributed by atoms with Gasteiger partial charge in [0.05, 0.1) is 6.54 Å². The lowest BCUT2D eigenvalue weighted by Crippen LogP contribution is -2.33. The molecule has 1 saturated heterocycles. The molecule has 1 aromatic carbocycles. The minimum atomic E-state index is 0.611. The standard InChI is InChI=1S/C16H20ClN3O/c1-12-5-4-8-20(10-12)11-16-18-15(19-21-16)9-13-6-2-3-7-14(13)17/h2-3,6-7,12H,4-5,8-11H2,1H3/t12-/m1/s1. The summed E-state index contributed by atoms with van der Waals surface area (Å²) in [6.07, 6.45) is 3.18. The highest BCUT2D eigenvalue weighted by atomic mass is 35.5. The fourth-order valence-electron chi connectivity index (χ4n) is 2.86. The predicted octanol–water partition coefficient (Wildman–Crippen LogP) is 3.55. The lowest BCUT2D eigenvalue weighted by atomic mass is 10.0. The summed E-state index contributed by atoms with van der Waals surface area (Å²) in [6, 6.07) is 7.76. The first-order valence-electron chi connectivity index (χ1n) is 7.48. The van der Waals surface area contributed by atoms with Crippen LogP contribution in [0.3, 0.4) is 0 Å². The van der Waals surface area contributed by atoms with Crippen molar-refractivity contribution in [3.05, 3.63) is 46.6 Å². The molecular formula is C16H20ClN3O. The monoisotopic (exact) mass is 305 g/mol. The molecule has 0 spiro atoms. The molecule has 0 bridgehead atoms. The Morgan fingerprint density at radius 2 is 2.24 bits per heavy atom. The van der Waals surface area contributed by atoms with E-state index in [4.69, 9.17) is 16.1 Å². The summed E-state index contributed by atoms with van der Waals surface area (Å²) in [5.41, 5.74) is 1.03. The molecule has 5 heteroatoms. The van der Waals surface area contributed by atoms with Gasteiger partial charge in [0.2, 0.25) is 5.89 Å². The van der Waals surface area contributed by atoms with Gasteiger partial charge in [0.1, 0.15) is 0 Å². The van der Waals surface area contributed by atoms with Crippen LogP contribution in [0.2, 0.25) is 5.02 Å². The van der Waals surface area contributed by atoms with Crippen molar-refractivity contribution in [1.29, 1.82) is 0 Å². The quantitative estimate of drug-likeness (QED) is 0.866. The number of benzene rings is 1. The second-order valence-electron chi connectivity index (χ2n) is 5.86. The van der Waals surface area contributed by atoms with E-state index in [1.807, 2.05) is 24.3 Å². The molecule has 0 unspecified atom stereocenters. The van der Waals surface area contributed by atoms with Crippen molar-refractivity contribution in [2.75, 3.05) is 13.1 Å². The molecule has 1 atom stereocenters. The van der Waals surface area contributed by atoms with Crippen molar-refractivity contribution in [3.63, 3.8) is 0 Å². The first-order valence-corrected chi connectivity index (χ1v) is 7.86. The Hall–Kier alpha value is -1.39. The number of hydrogen-bond donors (Lipinski definition) is 0. The molecule has 2 heterocycles. The maximum Gasteiger partial charge on any atom is 0.240 e. The molecule has 1 fully saturated rings. The van der Waals surface area contributed by atoms with E-state index in [1.54, 1.807) is 0 Å². The maximum atomic E-state index is 6.16. The fourth-order valence-corrected chi connectivity index (χ4v) is 3.06. The molecule has 1 aromatic heterocycles. The Morgan fingerprint density at radius 1 is 1.38 bits per heavy atom. The molecule has 1 aliphatic rings. The number of halogens is 1. The van der Waals surface area contributed by atoms with Gasteiger partial charge in [-0.1, -0.05) is 41.9 Å². The maximum absolute atomic E-state index is 6.16. The molecule has 4 nitrogen and oxygen atoms in total. The summed E-state index contributed by atoms with van der Waals surface area (Å²) < 4.78 is 5.37. The van der Waals surface area contributed by atoms with Crippen molar-refractivity contribution < 1.29 is 4.52 Å². The van der Waals surface area contributed by atoms with Crippen molar-refractivity contribution in [2.45, 2.75) is 32.7 Å².